The van der Waals surface area contributed by atoms with E-state index in [1.807, 2.05) is 40.7 Å². The average Bonchev–Trinajstić information content (AvgIpc) is 3.13. The molecule has 0 spiro atoms. The fourth-order valence-corrected chi connectivity index (χ4v) is 2.54. The number of carbonyl (C=O) groups excluding carboxylic acids is 2. The lowest BCUT2D eigenvalue weighted by Gasteiger charge is -2.08. The summed E-state index contributed by atoms with van der Waals surface area (Å²) in [6.45, 7) is 11.5. The summed E-state index contributed by atoms with van der Waals surface area (Å²) < 4.78 is 3.45. The molecule has 0 bridgehead atoms. The summed E-state index contributed by atoms with van der Waals surface area (Å²) in [7, 11) is 0. The first kappa shape index (κ1) is 19.7. The van der Waals surface area contributed by atoms with E-state index in [-0.39, 0.29) is 23.9 Å². The van der Waals surface area contributed by atoms with Crippen molar-refractivity contribution in [1.29, 1.82) is 0 Å². The van der Waals surface area contributed by atoms with Crippen molar-refractivity contribution in [2.75, 3.05) is 11.9 Å². The van der Waals surface area contributed by atoms with Crippen LogP contribution in [-0.4, -0.2) is 37.9 Å². The lowest BCUT2D eigenvalue weighted by atomic mass is 10.2. The first-order chi connectivity index (χ1) is 12.3. The molecule has 0 aliphatic rings. The van der Waals surface area contributed by atoms with Gasteiger partial charge in [-0.1, -0.05) is 13.8 Å². The van der Waals surface area contributed by atoms with Crippen LogP contribution in [0.4, 0.5) is 5.69 Å². The summed E-state index contributed by atoms with van der Waals surface area (Å²) in [5, 5.41) is 14.3. The molecule has 0 radical (unpaired) electrons. The van der Waals surface area contributed by atoms with Crippen molar-refractivity contribution in [1.82, 2.24) is 24.9 Å². The van der Waals surface area contributed by atoms with Crippen molar-refractivity contribution in [2.24, 2.45) is 5.92 Å². The van der Waals surface area contributed by atoms with Crippen LogP contribution in [0.25, 0.3) is 0 Å². The molecule has 0 aromatic carbocycles. The van der Waals surface area contributed by atoms with E-state index >= 15 is 0 Å². The van der Waals surface area contributed by atoms with Gasteiger partial charge in [0.15, 0.2) is 5.69 Å². The Morgan fingerprint density at radius 3 is 2.54 bits per heavy atom. The van der Waals surface area contributed by atoms with Crippen molar-refractivity contribution in [3.63, 3.8) is 0 Å². The maximum atomic E-state index is 12.4. The molecule has 0 saturated heterocycles. The number of amides is 2. The zero-order valence-corrected chi connectivity index (χ0v) is 16.2. The van der Waals surface area contributed by atoms with Crippen molar-refractivity contribution in [3.05, 3.63) is 29.3 Å². The molecule has 142 valence electrons. The molecule has 2 amide bonds. The van der Waals surface area contributed by atoms with Gasteiger partial charge in [0.25, 0.3) is 5.91 Å². The maximum absolute atomic E-state index is 12.4. The van der Waals surface area contributed by atoms with Crippen LogP contribution >= 0.6 is 0 Å². The molecule has 2 aromatic rings. The molecule has 8 nitrogen and oxygen atoms in total. The number of nitrogens with one attached hydrogen (secondary N) is 2. The van der Waals surface area contributed by atoms with E-state index in [0.29, 0.717) is 31.2 Å². The number of anilines is 1. The predicted octanol–water partition coefficient (Wildman–Crippen LogP) is 2.13. The van der Waals surface area contributed by atoms with Crippen molar-refractivity contribution in [3.8, 4) is 0 Å². The molecular weight excluding hydrogens is 332 g/mol. The monoisotopic (exact) mass is 360 g/mol. The number of aromatic nitrogens is 4. The second kappa shape index (κ2) is 8.64. The third-order valence-electron chi connectivity index (χ3n) is 3.90. The Morgan fingerprint density at radius 2 is 1.96 bits per heavy atom. The maximum Gasteiger partial charge on any atom is 0.273 e. The third-order valence-corrected chi connectivity index (χ3v) is 3.90. The molecule has 2 N–H and O–H groups in total. The smallest absolute Gasteiger partial charge is 0.273 e. The molecule has 0 aliphatic heterocycles. The van der Waals surface area contributed by atoms with Gasteiger partial charge in [0.05, 0.1) is 11.4 Å². The van der Waals surface area contributed by atoms with Gasteiger partial charge in [0.2, 0.25) is 5.91 Å². The number of nitrogens with zero attached hydrogens (tertiary/aromatic N) is 4. The minimum absolute atomic E-state index is 0.175. The molecule has 0 unspecified atom stereocenters. The van der Waals surface area contributed by atoms with Crippen molar-refractivity contribution in [2.45, 2.75) is 54.1 Å². The highest BCUT2D eigenvalue weighted by molar-refractivity contribution is 6.02. The summed E-state index contributed by atoms with van der Waals surface area (Å²) in [6, 6.07) is 1.97. The molecule has 0 aliphatic carbocycles. The molecule has 0 atom stereocenters. The van der Waals surface area contributed by atoms with Gasteiger partial charge in [0.1, 0.15) is 0 Å². The Hall–Kier alpha value is -2.64. The average molecular weight is 360 g/mol. The quantitative estimate of drug-likeness (QED) is 0.754. The van der Waals surface area contributed by atoms with Crippen LogP contribution < -0.4 is 10.6 Å². The number of carbonyl (C=O) groups is 2. The molecule has 0 saturated carbocycles. The molecule has 2 aromatic heterocycles. The molecule has 2 heterocycles. The second-order valence-corrected chi connectivity index (χ2v) is 6.80. The standard InChI is InChI=1S/C18H28N6O2/c1-6-23-11-15(17(22-23)18(26)19-10-12(2)3)20-16(25)7-8-24-14(5)9-13(4)21-24/h9,11-12H,6-8,10H2,1-5H3,(H,19,26)(H,20,25). The molecule has 8 heteroatoms. The van der Waals surface area contributed by atoms with Gasteiger partial charge in [-0.25, -0.2) is 0 Å². The number of aryl methyl sites for hydroxylation is 4. The normalized spacial score (nSPS) is 11.0. The molecule has 2 rings (SSSR count). The summed E-state index contributed by atoms with van der Waals surface area (Å²) in [5.41, 5.74) is 2.62. The van der Waals surface area contributed by atoms with Gasteiger partial charge < -0.3 is 10.6 Å². The summed E-state index contributed by atoms with van der Waals surface area (Å²) in [6.07, 6.45) is 1.96. The Labute approximate surface area is 154 Å². The van der Waals surface area contributed by atoms with E-state index < -0.39 is 0 Å². The SMILES string of the molecule is CCn1cc(NC(=O)CCn2nc(C)cc2C)c(C(=O)NCC(C)C)n1. The number of hydrogen-bond acceptors (Lipinski definition) is 4. The minimum Gasteiger partial charge on any atom is -0.350 e. The van der Waals surface area contributed by atoms with Gasteiger partial charge in [-0.05, 0) is 32.8 Å². The highest BCUT2D eigenvalue weighted by Crippen LogP contribution is 2.15. The Balaban J connectivity index is 2.02. The first-order valence-electron chi connectivity index (χ1n) is 8.96. The van der Waals surface area contributed by atoms with Crippen LogP contribution in [0.5, 0.6) is 0 Å². The van der Waals surface area contributed by atoms with Crippen LogP contribution in [0.2, 0.25) is 0 Å². The summed E-state index contributed by atoms with van der Waals surface area (Å²) in [5.74, 6) is -0.114. The van der Waals surface area contributed by atoms with Crippen molar-refractivity contribution < 1.29 is 9.59 Å². The lowest BCUT2D eigenvalue weighted by molar-refractivity contribution is -0.116. The van der Waals surface area contributed by atoms with Crippen molar-refractivity contribution >= 4 is 17.5 Å². The zero-order chi connectivity index (χ0) is 19.3. The third kappa shape index (κ3) is 5.18. The zero-order valence-electron chi connectivity index (χ0n) is 16.2. The molecule has 0 fully saturated rings. The van der Waals surface area contributed by atoms with Crippen LogP contribution in [0.1, 0.15) is 49.1 Å². The minimum atomic E-state index is -0.278. The largest absolute Gasteiger partial charge is 0.350 e. The van der Waals surface area contributed by atoms with Gasteiger partial charge in [0, 0.05) is 37.9 Å². The number of rotatable bonds is 8. The van der Waals surface area contributed by atoms with Gasteiger partial charge in [-0.2, -0.15) is 10.2 Å². The fourth-order valence-electron chi connectivity index (χ4n) is 2.54. The van der Waals surface area contributed by atoms with Crippen LogP contribution in [-0.2, 0) is 17.9 Å². The van der Waals surface area contributed by atoms with Crippen LogP contribution in [0, 0.1) is 19.8 Å². The van der Waals surface area contributed by atoms with Crippen LogP contribution in [0.15, 0.2) is 12.3 Å². The van der Waals surface area contributed by atoms with E-state index in [1.54, 1.807) is 15.6 Å². The predicted molar refractivity (Wildman–Crippen MR) is 100 cm³/mol. The number of hydrogen-bond donors (Lipinski definition) is 2. The summed E-state index contributed by atoms with van der Waals surface area (Å²) in [4.78, 5) is 24.7. The fraction of sp³-hybridized carbons (Fsp3) is 0.556. The summed E-state index contributed by atoms with van der Waals surface area (Å²) >= 11 is 0. The second-order valence-electron chi connectivity index (χ2n) is 6.80. The highest BCUT2D eigenvalue weighted by Gasteiger charge is 2.18. The lowest BCUT2D eigenvalue weighted by Crippen LogP contribution is -2.29. The van der Waals surface area contributed by atoms with Gasteiger partial charge in [-0.15, -0.1) is 0 Å². The van der Waals surface area contributed by atoms with Gasteiger partial charge in [-0.3, -0.25) is 19.0 Å². The van der Waals surface area contributed by atoms with E-state index in [0.717, 1.165) is 11.4 Å². The molecular formula is C18H28N6O2. The Kier molecular flexibility index (Phi) is 6.54. The molecule has 26 heavy (non-hydrogen) atoms. The van der Waals surface area contributed by atoms with Crippen LogP contribution in [0.3, 0.4) is 0 Å². The topological polar surface area (TPSA) is 93.8 Å². The van der Waals surface area contributed by atoms with E-state index in [1.165, 1.54) is 0 Å². The van der Waals surface area contributed by atoms with E-state index in [2.05, 4.69) is 20.8 Å². The van der Waals surface area contributed by atoms with E-state index in [4.69, 9.17) is 0 Å². The van der Waals surface area contributed by atoms with E-state index in [9.17, 15) is 9.59 Å². The Bertz CT molecular complexity index is 775. The Morgan fingerprint density at radius 1 is 1.23 bits per heavy atom. The highest BCUT2D eigenvalue weighted by atomic mass is 16.2. The first-order valence-corrected chi connectivity index (χ1v) is 8.96. The van der Waals surface area contributed by atoms with Gasteiger partial charge >= 0.3 is 0 Å².